The molecule has 0 amide bonds. The lowest BCUT2D eigenvalue weighted by atomic mass is 9.89. The number of anilines is 1. The van der Waals surface area contributed by atoms with Crippen LogP contribution in [-0.4, -0.2) is 12.6 Å². The van der Waals surface area contributed by atoms with Gasteiger partial charge in [0.1, 0.15) is 0 Å². The van der Waals surface area contributed by atoms with Crippen LogP contribution in [0, 0.1) is 0 Å². The summed E-state index contributed by atoms with van der Waals surface area (Å²) in [5, 5.41) is 0. The monoisotopic (exact) mass is 224 g/mol. The van der Waals surface area contributed by atoms with Crippen molar-refractivity contribution in [2.45, 2.75) is 12.1 Å². The first kappa shape index (κ1) is 10.4. The van der Waals surface area contributed by atoms with Crippen molar-refractivity contribution in [3.05, 3.63) is 66.2 Å². The molecule has 86 valence electrons. The Bertz CT molecular complexity index is 481. The predicted molar refractivity (Wildman–Crippen MR) is 70.9 cm³/mol. The summed E-state index contributed by atoms with van der Waals surface area (Å²) < 4.78 is 0. The molecule has 1 fully saturated rings. The predicted octanol–water partition coefficient (Wildman–Crippen LogP) is 2.58. The lowest BCUT2D eigenvalue weighted by Crippen LogP contribution is -2.58. The maximum atomic E-state index is 6.14. The first-order chi connectivity index (χ1) is 8.36. The highest BCUT2D eigenvalue weighted by Crippen LogP contribution is 2.36. The van der Waals surface area contributed by atoms with E-state index >= 15 is 0 Å². The summed E-state index contributed by atoms with van der Waals surface area (Å²) in [4.78, 5) is 2.36. The van der Waals surface area contributed by atoms with Crippen LogP contribution in [0.3, 0.4) is 0 Å². The molecule has 17 heavy (non-hydrogen) atoms. The van der Waals surface area contributed by atoms with E-state index in [0.29, 0.717) is 6.04 Å². The van der Waals surface area contributed by atoms with E-state index in [4.69, 9.17) is 5.73 Å². The van der Waals surface area contributed by atoms with Gasteiger partial charge >= 0.3 is 0 Å². The average molecular weight is 224 g/mol. The molecule has 1 aliphatic rings. The van der Waals surface area contributed by atoms with Crippen LogP contribution in [0.15, 0.2) is 60.7 Å². The van der Waals surface area contributed by atoms with Crippen molar-refractivity contribution in [1.29, 1.82) is 0 Å². The van der Waals surface area contributed by atoms with Crippen molar-refractivity contribution in [1.82, 2.24) is 0 Å². The number of hydrogen-bond donors (Lipinski definition) is 1. The first-order valence-corrected chi connectivity index (χ1v) is 5.98. The van der Waals surface area contributed by atoms with Crippen molar-refractivity contribution in [3.8, 4) is 0 Å². The van der Waals surface area contributed by atoms with Gasteiger partial charge in [0, 0.05) is 18.3 Å². The number of nitrogens with zero attached hydrogens (tertiary/aromatic N) is 1. The minimum atomic E-state index is 0.234. The van der Waals surface area contributed by atoms with Gasteiger partial charge in [0.15, 0.2) is 0 Å². The molecule has 2 atom stereocenters. The lowest BCUT2D eigenvalue weighted by Gasteiger charge is -2.48. The Morgan fingerprint density at radius 1 is 0.882 bits per heavy atom. The van der Waals surface area contributed by atoms with Gasteiger partial charge in [-0.3, -0.25) is 0 Å². The molecule has 2 aromatic rings. The van der Waals surface area contributed by atoms with Crippen LogP contribution in [0.5, 0.6) is 0 Å². The number of para-hydroxylation sites is 1. The van der Waals surface area contributed by atoms with E-state index in [-0.39, 0.29) is 6.04 Å². The molecule has 2 N–H and O–H groups in total. The zero-order valence-corrected chi connectivity index (χ0v) is 9.66. The second kappa shape index (κ2) is 4.22. The minimum absolute atomic E-state index is 0.234. The molecule has 0 unspecified atom stereocenters. The van der Waals surface area contributed by atoms with Crippen molar-refractivity contribution in [2.24, 2.45) is 5.73 Å². The van der Waals surface area contributed by atoms with Gasteiger partial charge in [-0.1, -0.05) is 48.5 Å². The van der Waals surface area contributed by atoms with Crippen LogP contribution in [-0.2, 0) is 0 Å². The largest absolute Gasteiger partial charge is 0.361 e. The Morgan fingerprint density at radius 3 is 2.06 bits per heavy atom. The summed E-state index contributed by atoms with van der Waals surface area (Å²) in [6, 6.07) is 21.5. The van der Waals surface area contributed by atoms with Crippen molar-refractivity contribution in [3.63, 3.8) is 0 Å². The first-order valence-electron chi connectivity index (χ1n) is 5.98. The number of hydrogen-bond acceptors (Lipinski definition) is 2. The fraction of sp³-hybridized carbons (Fsp3) is 0.200. The normalized spacial score (nSPS) is 23.2. The van der Waals surface area contributed by atoms with E-state index in [2.05, 4.69) is 53.4 Å². The third kappa shape index (κ3) is 1.81. The third-order valence-corrected chi connectivity index (χ3v) is 3.38. The number of benzene rings is 2. The molecular formula is C15H16N2. The Labute approximate surface area is 102 Å². The molecule has 3 rings (SSSR count). The number of rotatable bonds is 2. The van der Waals surface area contributed by atoms with E-state index in [1.165, 1.54) is 11.3 Å². The Kier molecular flexibility index (Phi) is 2.57. The van der Waals surface area contributed by atoms with Gasteiger partial charge in [-0.2, -0.15) is 0 Å². The zero-order valence-electron chi connectivity index (χ0n) is 9.66. The second-order valence-corrected chi connectivity index (χ2v) is 4.51. The van der Waals surface area contributed by atoms with Gasteiger partial charge in [-0.25, -0.2) is 0 Å². The summed E-state index contributed by atoms with van der Waals surface area (Å²) in [6.45, 7) is 0.934. The minimum Gasteiger partial charge on any atom is -0.361 e. The average Bonchev–Trinajstić information content (AvgIpc) is 2.38. The maximum absolute atomic E-state index is 6.14. The summed E-state index contributed by atoms with van der Waals surface area (Å²) in [5.74, 6) is 0. The molecule has 0 spiro atoms. The Morgan fingerprint density at radius 2 is 1.47 bits per heavy atom. The fourth-order valence-corrected chi connectivity index (χ4v) is 2.50. The highest BCUT2D eigenvalue weighted by molar-refractivity contribution is 5.53. The van der Waals surface area contributed by atoms with Crippen molar-refractivity contribution in [2.75, 3.05) is 11.4 Å². The van der Waals surface area contributed by atoms with Gasteiger partial charge in [0.25, 0.3) is 0 Å². The third-order valence-electron chi connectivity index (χ3n) is 3.38. The molecule has 0 bridgehead atoms. The fourth-order valence-electron chi connectivity index (χ4n) is 2.50. The summed E-state index contributed by atoms with van der Waals surface area (Å²) in [6.07, 6.45) is 0. The number of nitrogens with two attached hydrogens (primary N) is 1. The zero-order chi connectivity index (χ0) is 11.7. The van der Waals surface area contributed by atoms with E-state index in [1.54, 1.807) is 0 Å². The second-order valence-electron chi connectivity index (χ2n) is 4.51. The molecule has 2 heteroatoms. The summed E-state index contributed by atoms with van der Waals surface area (Å²) in [7, 11) is 0. The quantitative estimate of drug-likeness (QED) is 0.849. The van der Waals surface area contributed by atoms with Gasteiger partial charge in [0.2, 0.25) is 0 Å². The highest BCUT2D eigenvalue weighted by Gasteiger charge is 2.37. The van der Waals surface area contributed by atoms with E-state index in [1.807, 2.05) is 12.1 Å². The Balaban J connectivity index is 1.89. The maximum Gasteiger partial charge on any atom is 0.0711 e. The van der Waals surface area contributed by atoms with Gasteiger partial charge < -0.3 is 10.6 Å². The van der Waals surface area contributed by atoms with Gasteiger partial charge in [-0.05, 0) is 17.7 Å². The van der Waals surface area contributed by atoms with Crippen LogP contribution in [0.4, 0.5) is 5.69 Å². The van der Waals surface area contributed by atoms with Crippen LogP contribution in [0.25, 0.3) is 0 Å². The molecule has 0 aliphatic carbocycles. The molecule has 1 aliphatic heterocycles. The standard InChI is InChI=1S/C15H16N2/c16-14-11-17(13-9-5-2-6-10-13)15(14)12-7-3-1-4-8-12/h1-10,14-15H,11,16H2/t14-,15+/m0/s1. The molecular weight excluding hydrogens is 208 g/mol. The summed E-state index contributed by atoms with van der Waals surface area (Å²) in [5.41, 5.74) is 8.69. The van der Waals surface area contributed by atoms with E-state index < -0.39 is 0 Å². The lowest BCUT2D eigenvalue weighted by molar-refractivity contribution is 0.390. The molecule has 0 aromatic heterocycles. The Hall–Kier alpha value is -1.80. The molecule has 0 saturated carbocycles. The molecule has 0 radical (unpaired) electrons. The molecule has 1 saturated heterocycles. The van der Waals surface area contributed by atoms with Crippen LogP contribution < -0.4 is 10.6 Å². The van der Waals surface area contributed by atoms with Crippen molar-refractivity contribution >= 4 is 5.69 Å². The topological polar surface area (TPSA) is 29.3 Å². The van der Waals surface area contributed by atoms with Crippen LogP contribution in [0.1, 0.15) is 11.6 Å². The molecule has 2 nitrogen and oxygen atoms in total. The van der Waals surface area contributed by atoms with Gasteiger partial charge in [0.05, 0.1) is 6.04 Å². The summed E-state index contributed by atoms with van der Waals surface area (Å²) >= 11 is 0. The van der Waals surface area contributed by atoms with E-state index in [0.717, 1.165) is 6.54 Å². The SMILES string of the molecule is N[C@H]1CN(c2ccccc2)[C@@H]1c1ccccc1. The van der Waals surface area contributed by atoms with E-state index in [9.17, 15) is 0 Å². The highest BCUT2D eigenvalue weighted by atomic mass is 15.3. The van der Waals surface area contributed by atoms with Gasteiger partial charge in [-0.15, -0.1) is 0 Å². The van der Waals surface area contributed by atoms with Crippen LogP contribution >= 0.6 is 0 Å². The smallest absolute Gasteiger partial charge is 0.0711 e. The van der Waals surface area contributed by atoms with Crippen molar-refractivity contribution < 1.29 is 0 Å². The molecule has 1 heterocycles. The van der Waals surface area contributed by atoms with Crippen LogP contribution in [0.2, 0.25) is 0 Å². The molecule has 2 aromatic carbocycles.